The number of carbonyl (C=O) groups is 1. The highest BCUT2D eigenvalue weighted by Crippen LogP contribution is 2.19. The van der Waals surface area contributed by atoms with Gasteiger partial charge in [0, 0.05) is 28.7 Å². The molecule has 2 heterocycles. The maximum absolute atomic E-state index is 12.5. The van der Waals surface area contributed by atoms with Crippen molar-refractivity contribution in [3.05, 3.63) is 55.4 Å². The summed E-state index contributed by atoms with van der Waals surface area (Å²) in [5.41, 5.74) is 1.36. The minimum Gasteiger partial charge on any atom is -0.350 e. The summed E-state index contributed by atoms with van der Waals surface area (Å²) in [6, 6.07) is 5.38. The Morgan fingerprint density at radius 2 is 2.19 bits per heavy atom. The molecule has 1 aromatic carbocycles. The molecule has 26 heavy (non-hydrogen) atoms. The van der Waals surface area contributed by atoms with Crippen molar-refractivity contribution in [2.45, 2.75) is 39.3 Å². The zero-order valence-electron chi connectivity index (χ0n) is 14.5. The molecule has 0 radical (unpaired) electrons. The maximum atomic E-state index is 12.5. The lowest BCUT2D eigenvalue weighted by atomic mass is 10.2. The van der Waals surface area contributed by atoms with Crippen molar-refractivity contribution in [1.29, 1.82) is 0 Å². The van der Waals surface area contributed by atoms with Gasteiger partial charge in [-0.05, 0) is 18.2 Å². The largest absolute Gasteiger partial charge is 0.350 e. The van der Waals surface area contributed by atoms with Gasteiger partial charge >= 0.3 is 0 Å². The number of benzene rings is 1. The van der Waals surface area contributed by atoms with Crippen LogP contribution in [0.5, 0.6) is 0 Å². The Bertz CT molecular complexity index is 996. The number of fused-ring (bicyclic) bond motifs is 1. The molecule has 6 nitrogen and oxygen atoms in total. The standard InChI is InChI=1S/C18H19BrN4O2S/c1-11(2)17-22-13(9-26-17)8-20-16(24)5-6-23-10-21-15-4-3-12(19)7-14(15)18(23)25/h3-4,7,9-11H,5-6,8H2,1-2H3,(H,20,24). The Morgan fingerprint density at radius 1 is 1.38 bits per heavy atom. The lowest BCUT2D eigenvalue weighted by Gasteiger charge is -2.07. The van der Waals surface area contributed by atoms with Gasteiger partial charge in [0.15, 0.2) is 0 Å². The molecule has 3 aromatic rings. The summed E-state index contributed by atoms with van der Waals surface area (Å²) in [5, 5.41) is 6.41. The van der Waals surface area contributed by atoms with Gasteiger partial charge in [-0.25, -0.2) is 9.97 Å². The minimum absolute atomic E-state index is 0.120. The highest BCUT2D eigenvalue weighted by atomic mass is 79.9. The van der Waals surface area contributed by atoms with E-state index in [1.54, 1.807) is 23.5 Å². The van der Waals surface area contributed by atoms with E-state index in [1.807, 2.05) is 11.4 Å². The molecule has 2 aromatic heterocycles. The number of aromatic nitrogens is 3. The lowest BCUT2D eigenvalue weighted by molar-refractivity contribution is -0.121. The highest BCUT2D eigenvalue weighted by molar-refractivity contribution is 9.10. The maximum Gasteiger partial charge on any atom is 0.261 e. The summed E-state index contributed by atoms with van der Waals surface area (Å²) in [4.78, 5) is 33.3. The molecule has 0 fully saturated rings. The van der Waals surface area contributed by atoms with Gasteiger partial charge in [-0.3, -0.25) is 14.2 Å². The van der Waals surface area contributed by atoms with E-state index in [1.165, 1.54) is 10.9 Å². The normalized spacial score (nSPS) is 11.2. The lowest BCUT2D eigenvalue weighted by Crippen LogP contribution is -2.27. The van der Waals surface area contributed by atoms with Crippen LogP contribution in [0.25, 0.3) is 10.9 Å². The van der Waals surface area contributed by atoms with Gasteiger partial charge < -0.3 is 5.32 Å². The van der Waals surface area contributed by atoms with Gasteiger partial charge in [0.2, 0.25) is 5.91 Å². The number of aryl methyl sites for hydroxylation is 1. The molecule has 136 valence electrons. The van der Waals surface area contributed by atoms with Crippen LogP contribution >= 0.6 is 27.3 Å². The molecule has 0 bridgehead atoms. The highest BCUT2D eigenvalue weighted by Gasteiger charge is 2.09. The predicted molar refractivity (Wildman–Crippen MR) is 106 cm³/mol. The fraction of sp³-hybridized carbons (Fsp3) is 0.333. The second-order valence-electron chi connectivity index (χ2n) is 6.26. The van der Waals surface area contributed by atoms with Crippen molar-refractivity contribution in [3.63, 3.8) is 0 Å². The molecule has 8 heteroatoms. The van der Waals surface area contributed by atoms with E-state index in [0.29, 0.717) is 23.4 Å². The van der Waals surface area contributed by atoms with E-state index in [2.05, 4.69) is 45.1 Å². The topological polar surface area (TPSA) is 76.9 Å². The average molecular weight is 435 g/mol. The predicted octanol–water partition coefficient (Wildman–Crippen LogP) is 3.45. The summed E-state index contributed by atoms with van der Waals surface area (Å²) >= 11 is 4.97. The smallest absolute Gasteiger partial charge is 0.261 e. The fourth-order valence-corrected chi connectivity index (χ4v) is 3.66. The zero-order chi connectivity index (χ0) is 18.7. The quantitative estimate of drug-likeness (QED) is 0.644. The summed E-state index contributed by atoms with van der Waals surface area (Å²) < 4.78 is 2.29. The molecule has 0 saturated carbocycles. The number of nitrogens with zero attached hydrogens (tertiary/aromatic N) is 3. The van der Waals surface area contributed by atoms with Crippen LogP contribution < -0.4 is 10.9 Å². The third kappa shape index (κ3) is 4.37. The van der Waals surface area contributed by atoms with Gasteiger partial charge in [-0.1, -0.05) is 29.8 Å². The molecule has 0 aliphatic carbocycles. The number of hydrogen-bond donors (Lipinski definition) is 1. The SMILES string of the molecule is CC(C)c1nc(CNC(=O)CCn2cnc3ccc(Br)cc3c2=O)cs1. The van der Waals surface area contributed by atoms with Crippen molar-refractivity contribution in [2.75, 3.05) is 0 Å². The molecule has 0 aliphatic rings. The van der Waals surface area contributed by atoms with Crippen molar-refractivity contribution >= 4 is 44.1 Å². The first-order chi connectivity index (χ1) is 12.4. The molecule has 0 spiro atoms. The van der Waals surface area contributed by atoms with Gasteiger partial charge in [0.05, 0.1) is 34.5 Å². The number of amides is 1. The second kappa shape index (κ2) is 8.09. The summed E-state index contributed by atoms with van der Waals surface area (Å²) in [7, 11) is 0. The van der Waals surface area contributed by atoms with Crippen LogP contribution in [0.4, 0.5) is 0 Å². The molecule has 3 rings (SSSR count). The Hall–Kier alpha value is -2.06. The molecular weight excluding hydrogens is 416 g/mol. The molecular formula is C18H19BrN4O2S. The molecule has 0 saturated heterocycles. The van der Waals surface area contributed by atoms with Crippen LogP contribution in [0.3, 0.4) is 0 Å². The third-order valence-corrected chi connectivity index (χ3v) is 5.58. The number of carbonyl (C=O) groups excluding carboxylic acids is 1. The zero-order valence-corrected chi connectivity index (χ0v) is 16.9. The van der Waals surface area contributed by atoms with Gasteiger partial charge in [0.25, 0.3) is 5.56 Å². The first-order valence-electron chi connectivity index (χ1n) is 8.29. The number of nitrogens with one attached hydrogen (secondary N) is 1. The van der Waals surface area contributed by atoms with Gasteiger partial charge in [0.1, 0.15) is 0 Å². The molecule has 0 atom stereocenters. The number of rotatable bonds is 6. The minimum atomic E-state index is -0.148. The molecule has 0 aliphatic heterocycles. The van der Waals surface area contributed by atoms with Crippen LogP contribution in [0.2, 0.25) is 0 Å². The number of thiazole rings is 1. The van der Waals surface area contributed by atoms with Crippen molar-refractivity contribution in [1.82, 2.24) is 19.9 Å². The molecule has 1 N–H and O–H groups in total. The van der Waals surface area contributed by atoms with Crippen molar-refractivity contribution < 1.29 is 4.79 Å². The van der Waals surface area contributed by atoms with Crippen LogP contribution in [0, 0.1) is 0 Å². The van der Waals surface area contributed by atoms with Crippen molar-refractivity contribution in [3.8, 4) is 0 Å². The number of halogens is 1. The first-order valence-corrected chi connectivity index (χ1v) is 9.97. The van der Waals surface area contributed by atoms with E-state index < -0.39 is 0 Å². The first kappa shape index (κ1) is 18.7. The Balaban J connectivity index is 1.59. The monoisotopic (exact) mass is 434 g/mol. The van der Waals surface area contributed by atoms with Crippen LogP contribution in [-0.4, -0.2) is 20.4 Å². The van der Waals surface area contributed by atoms with E-state index >= 15 is 0 Å². The van der Waals surface area contributed by atoms with E-state index in [4.69, 9.17) is 0 Å². The van der Waals surface area contributed by atoms with Gasteiger partial charge in [-0.2, -0.15) is 0 Å². The van der Waals surface area contributed by atoms with Crippen LogP contribution in [0.15, 0.2) is 39.2 Å². The van der Waals surface area contributed by atoms with Gasteiger partial charge in [-0.15, -0.1) is 11.3 Å². The number of hydrogen-bond acceptors (Lipinski definition) is 5. The summed E-state index contributed by atoms with van der Waals surface area (Å²) in [6.45, 7) is 4.87. The van der Waals surface area contributed by atoms with E-state index in [9.17, 15) is 9.59 Å². The fourth-order valence-electron chi connectivity index (χ4n) is 2.46. The Labute approximate surface area is 163 Å². The average Bonchev–Trinajstić information content (AvgIpc) is 3.09. The van der Waals surface area contributed by atoms with E-state index in [0.717, 1.165) is 15.2 Å². The summed E-state index contributed by atoms with van der Waals surface area (Å²) in [6.07, 6.45) is 1.70. The summed E-state index contributed by atoms with van der Waals surface area (Å²) in [5.74, 6) is 0.266. The Kier molecular flexibility index (Phi) is 5.83. The Morgan fingerprint density at radius 3 is 2.92 bits per heavy atom. The molecule has 1 amide bonds. The van der Waals surface area contributed by atoms with E-state index in [-0.39, 0.29) is 24.4 Å². The van der Waals surface area contributed by atoms with Crippen LogP contribution in [-0.2, 0) is 17.9 Å². The van der Waals surface area contributed by atoms with Crippen LogP contribution in [0.1, 0.15) is 36.9 Å². The second-order valence-corrected chi connectivity index (χ2v) is 8.07. The molecule has 0 unspecified atom stereocenters. The third-order valence-electron chi connectivity index (χ3n) is 3.90. The van der Waals surface area contributed by atoms with Crippen molar-refractivity contribution in [2.24, 2.45) is 0 Å².